The third-order valence-electron chi connectivity index (χ3n) is 1.87. The van der Waals surface area contributed by atoms with Gasteiger partial charge in [-0.3, -0.25) is 0 Å². The molecule has 0 aliphatic heterocycles. The van der Waals surface area contributed by atoms with E-state index in [1.54, 1.807) is 18.7 Å². The molecule has 0 unspecified atom stereocenters. The molecule has 0 spiro atoms. The van der Waals surface area contributed by atoms with Crippen molar-refractivity contribution in [3.63, 3.8) is 0 Å². The van der Waals surface area contributed by atoms with Gasteiger partial charge in [0.1, 0.15) is 6.04 Å². The number of nitrogens with zero attached hydrogens (tertiary/aromatic N) is 2. The topological polar surface area (TPSA) is 85.2 Å². The number of hydrogen-bond donors (Lipinski definition) is 2. The Labute approximate surface area is 93.4 Å². The summed E-state index contributed by atoms with van der Waals surface area (Å²) in [7, 11) is 0. The number of nitrogens with two attached hydrogens (primary N) is 1. The molecule has 1 rings (SSSR count). The van der Waals surface area contributed by atoms with Gasteiger partial charge >= 0.3 is 0 Å². The van der Waals surface area contributed by atoms with Crippen molar-refractivity contribution in [2.24, 2.45) is 5.73 Å². The number of thioether (sulfide) groups is 1. The van der Waals surface area contributed by atoms with Crippen molar-refractivity contribution in [3.05, 3.63) is 11.7 Å². The summed E-state index contributed by atoms with van der Waals surface area (Å²) in [5, 5.41) is 13.0. The highest BCUT2D eigenvalue weighted by atomic mass is 32.2. The molecule has 3 N–H and O–H groups in total. The Bertz CT molecular complexity index is 291. The Kier molecular flexibility index (Phi) is 5.07. The fourth-order valence-electron chi connectivity index (χ4n) is 0.976. The molecule has 0 saturated heterocycles. The minimum absolute atomic E-state index is 0.303. The number of aromatic nitrogens is 2. The highest BCUT2D eigenvalue weighted by Gasteiger charge is 2.19. The lowest BCUT2D eigenvalue weighted by Gasteiger charge is -2.08. The van der Waals surface area contributed by atoms with Crippen molar-refractivity contribution in [3.8, 4) is 0 Å². The summed E-state index contributed by atoms with van der Waals surface area (Å²) in [6, 6.07) is -0.595. The van der Waals surface area contributed by atoms with Gasteiger partial charge in [-0.05, 0) is 19.1 Å². The van der Waals surface area contributed by atoms with E-state index < -0.39 is 12.1 Å². The van der Waals surface area contributed by atoms with E-state index in [1.165, 1.54) is 0 Å². The van der Waals surface area contributed by atoms with Gasteiger partial charge in [0.2, 0.25) is 5.89 Å². The van der Waals surface area contributed by atoms with Crippen LogP contribution in [0.5, 0.6) is 0 Å². The molecule has 0 radical (unpaired) electrons. The maximum atomic E-state index is 9.24. The first kappa shape index (κ1) is 12.5. The van der Waals surface area contributed by atoms with Crippen LogP contribution in [0, 0.1) is 0 Å². The summed E-state index contributed by atoms with van der Waals surface area (Å²) in [5.41, 5.74) is 5.65. The summed E-state index contributed by atoms with van der Waals surface area (Å²) in [4.78, 5) is 4.12. The van der Waals surface area contributed by atoms with E-state index in [0.717, 1.165) is 17.9 Å². The van der Waals surface area contributed by atoms with Crippen molar-refractivity contribution in [1.29, 1.82) is 0 Å². The van der Waals surface area contributed by atoms with E-state index in [9.17, 15) is 5.11 Å². The second-order valence-electron chi connectivity index (χ2n) is 3.37. The van der Waals surface area contributed by atoms with Gasteiger partial charge in [-0.2, -0.15) is 16.7 Å². The quantitative estimate of drug-likeness (QED) is 0.713. The van der Waals surface area contributed by atoms with E-state index in [0.29, 0.717) is 11.7 Å². The molecule has 6 heteroatoms. The van der Waals surface area contributed by atoms with Gasteiger partial charge in [-0.15, -0.1) is 0 Å². The normalized spacial score (nSPS) is 15.2. The van der Waals surface area contributed by atoms with E-state index in [4.69, 9.17) is 10.3 Å². The molecule has 0 amide bonds. The molecule has 1 aromatic rings. The predicted octanol–water partition coefficient (Wildman–Crippen LogP) is 1.09. The molecule has 1 heterocycles. The lowest BCUT2D eigenvalue weighted by Crippen LogP contribution is -2.23. The molecule has 0 saturated carbocycles. The van der Waals surface area contributed by atoms with Gasteiger partial charge in [0.25, 0.3) is 0 Å². The van der Waals surface area contributed by atoms with Gasteiger partial charge in [-0.25, -0.2) is 0 Å². The number of aliphatic hydroxyl groups excluding tert-OH is 1. The number of rotatable bonds is 6. The maximum Gasteiger partial charge on any atom is 0.246 e. The molecule has 0 fully saturated rings. The van der Waals surface area contributed by atoms with Crippen LogP contribution < -0.4 is 5.73 Å². The third kappa shape index (κ3) is 3.81. The highest BCUT2D eigenvalue weighted by molar-refractivity contribution is 7.98. The van der Waals surface area contributed by atoms with Crippen LogP contribution in [0.15, 0.2) is 4.52 Å². The first-order valence-corrected chi connectivity index (χ1v) is 6.14. The van der Waals surface area contributed by atoms with Crippen molar-refractivity contribution >= 4 is 11.8 Å². The molecule has 2 atom stereocenters. The van der Waals surface area contributed by atoms with Crippen LogP contribution in [0.2, 0.25) is 0 Å². The van der Waals surface area contributed by atoms with Crippen LogP contribution in [0.1, 0.15) is 38.0 Å². The molecule has 0 aliphatic carbocycles. The smallest absolute Gasteiger partial charge is 0.246 e. The van der Waals surface area contributed by atoms with Gasteiger partial charge < -0.3 is 15.4 Å². The van der Waals surface area contributed by atoms with E-state index >= 15 is 0 Å². The molecule has 5 nitrogen and oxygen atoms in total. The number of hydrogen-bond acceptors (Lipinski definition) is 6. The van der Waals surface area contributed by atoms with Crippen LogP contribution in [-0.2, 0) is 5.75 Å². The summed E-state index contributed by atoms with van der Waals surface area (Å²) in [5.74, 6) is 2.74. The van der Waals surface area contributed by atoms with E-state index in [2.05, 4.69) is 17.1 Å². The highest BCUT2D eigenvalue weighted by Crippen LogP contribution is 2.15. The molecule has 1 aromatic heterocycles. The molecule has 86 valence electrons. The van der Waals surface area contributed by atoms with Crippen LogP contribution in [-0.4, -0.2) is 27.1 Å². The zero-order valence-electron chi connectivity index (χ0n) is 9.01. The van der Waals surface area contributed by atoms with Crippen LogP contribution in [0.25, 0.3) is 0 Å². The third-order valence-corrected chi connectivity index (χ3v) is 3.03. The van der Waals surface area contributed by atoms with Gasteiger partial charge in [0, 0.05) is 0 Å². The lowest BCUT2D eigenvalue weighted by atomic mass is 10.2. The maximum absolute atomic E-state index is 9.24. The predicted molar refractivity (Wildman–Crippen MR) is 59.4 cm³/mol. The first-order valence-electron chi connectivity index (χ1n) is 4.99. The zero-order chi connectivity index (χ0) is 11.3. The van der Waals surface area contributed by atoms with Gasteiger partial charge in [0.15, 0.2) is 5.82 Å². The Morgan fingerprint density at radius 2 is 2.33 bits per heavy atom. The lowest BCUT2D eigenvalue weighted by molar-refractivity contribution is 0.146. The van der Waals surface area contributed by atoms with E-state index in [1.807, 2.05) is 0 Å². The second kappa shape index (κ2) is 6.09. The Balaban J connectivity index is 2.48. The average Bonchev–Trinajstić information content (AvgIpc) is 2.65. The number of aliphatic hydroxyl groups is 1. The summed E-state index contributed by atoms with van der Waals surface area (Å²) < 4.78 is 4.96. The van der Waals surface area contributed by atoms with Crippen LogP contribution in [0.3, 0.4) is 0 Å². The molecule has 0 bridgehead atoms. The largest absolute Gasteiger partial charge is 0.391 e. The molecular formula is C9H17N3O2S. The van der Waals surface area contributed by atoms with Gasteiger partial charge in [0.05, 0.1) is 11.9 Å². The SMILES string of the molecule is CCCSCc1noc([C@@H](N)[C@@H](C)O)n1. The van der Waals surface area contributed by atoms with Crippen LogP contribution in [0.4, 0.5) is 0 Å². The standard InChI is InChI=1S/C9H17N3O2S/c1-3-4-15-5-7-11-9(14-12-7)8(10)6(2)13/h6,8,13H,3-5,10H2,1-2H3/t6-,8+/m1/s1. The van der Waals surface area contributed by atoms with Crippen molar-refractivity contribution < 1.29 is 9.63 Å². The fourth-order valence-corrected chi connectivity index (χ4v) is 1.71. The molecular weight excluding hydrogens is 214 g/mol. The first-order chi connectivity index (χ1) is 7.15. The summed E-state index contributed by atoms with van der Waals surface area (Å²) >= 11 is 1.75. The molecule has 15 heavy (non-hydrogen) atoms. The molecule has 0 aliphatic rings. The minimum atomic E-state index is -0.679. The minimum Gasteiger partial charge on any atom is -0.391 e. The van der Waals surface area contributed by atoms with Crippen molar-refractivity contribution in [1.82, 2.24) is 10.1 Å². The summed E-state index contributed by atoms with van der Waals surface area (Å²) in [6.45, 7) is 3.72. The Hall–Kier alpha value is -0.590. The van der Waals surface area contributed by atoms with Gasteiger partial charge in [-0.1, -0.05) is 12.1 Å². The second-order valence-corrected chi connectivity index (χ2v) is 4.47. The zero-order valence-corrected chi connectivity index (χ0v) is 9.83. The Morgan fingerprint density at radius 1 is 1.60 bits per heavy atom. The fraction of sp³-hybridized carbons (Fsp3) is 0.778. The summed E-state index contributed by atoms with van der Waals surface area (Å²) in [6.07, 6.45) is 0.448. The van der Waals surface area contributed by atoms with Crippen molar-refractivity contribution in [2.45, 2.75) is 38.2 Å². The van der Waals surface area contributed by atoms with Crippen molar-refractivity contribution in [2.75, 3.05) is 5.75 Å². The Morgan fingerprint density at radius 3 is 2.93 bits per heavy atom. The average molecular weight is 231 g/mol. The van der Waals surface area contributed by atoms with E-state index in [-0.39, 0.29) is 0 Å². The monoisotopic (exact) mass is 231 g/mol. The van der Waals surface area contributed by atoms with Crippen LogP contribution >= 0.6 is 11.8 Å². The molecule has 0 aromatic carbocycles.